The molecule has 4 nitrogen and oxygen atoms in total. The first-order valence-electron chi connectivity index (χ1n) is 8.08. The Kier molecular flexibility index (Phi) is 6.25. The Morgan fingerprint density at radius 2 is 2.13 bits per heavy atom. The number of rotatable bonds is 5. The van der Waals surface area contributed by atoms with Crippen LogP contribution in [0.15, 0.2) is 24.3 Å². The van der Waals surface area contributed by atoms with Crippen molar-refractivity contribution in [3.63, 3.8) is 0 Å². The zero-order chi connectivity index (χ0) is 15.4. The SMILES string of the molecule is Cl.O=C(NCCOc1ccc(F)cc1)[C@@]12CCCC[C@H]1CNC2. The summed E-state index contributed by atoms with van der Waals surface area (Å²) in [5.41, 5.74) is -0.214. The summed E-state index contributed by atoms with van der Waals surface area (Å²) < 4.78 is 18.3. The van der Waals surface area contributed by atoms with E-state index in [0.717, 1.165) is 32.4 Å². The quantitative estimate of drug-likeness (QED) is 0.808. The van der Waals surface area contributed by atoms with E-state index in [0.29, 0.717) is 24.8 Å². The number of ether oxygens (including phenoxy) is 1. The summed E-state index contributed by atoms with van der Waals surface area (Å²) in [4.78, 5) is 12.6. The molecule has 6 heteroatoms. The summed E-state index contributed by atoms with van der Waals surface area (Å²) in [5, 5.41) is 6.40. The maximum atomic E-state index is 12.8. The van der Waals surface area contributed by atoms with E-state index in [2.05, 4.69) is 10.6 Å². The third-order valence-electron chi connectivity index (χ3n) is 4.96. The molecule has 128 valence electrons. The average molecular weight is 343 g/mol. The van der Waals surface area contributed by atoms with Crippen LogP contribution in [0.3, 0.4) is 0 Å². The predicted molar refractivity (Wildman–Crippen MR) is 89.4 cm³/mol. The molecule has 2 N–H and O–H groups in total. The van der Waals surface area contributed by atoms with Gasteiger partial charge in [0.05, 0.1) is 12.0 Å². The van der Waals surface area contributed by atoms with Gasteiger partial charge in [0.15, 0.2) is 0 Å². The molecule has 1 aliphatic heterocycles. The summed E-state index contributed by atoms with van der Waals surface area (Å²) >= 11 is 0. The molecule has 1 aliphatic carbocycles. The highest BCUT2D eigenvalue weighted by Crippen LogP contribution is 2.43. The smallest absolute Gasteiger partial charge is 0.227 e. The molecule has 1 aromatic rings. The van der Waals surface area contributed by atoms with Crippen LogP contribution in [0.1, 0.15) is 25.7 Å². The molecule has 1 heterocycles. The molecule has 0 radical (unpaired) electrons. The Balaban J connectivity index is 0.00000192. The van der Waals surface area contributed by atoms with Crippen LogP contribution in [0.25, 0.3) is 0 Å². The second-order valence-electron chi connectivity index (χ2n) is 6.29. The number of halogens is 2. The molecule has 23 heavy (non-hydrogen) atoms. The molecule has 0 bridgehead atoms. The summed E-state index contributed by atoms with van der Waals surface area (Å²) in [6, 6.07) is 5.91. The van der Waals surface area contributed by atoms with Crippen molar-refractivity contribution in [3.05, 3.63) is 30.1 Å². The van der Waals surface area contributed by atoms with E-state index in [-0.39, 0.29) is 29.5 Å². The molecule has 1 saturated carbocycles. The van der Waals surface area contributed by atoms with Crippen molar-refractivity contribution >= 4 is 18.3 Å². The average Bonchev–Trinajstić information content (AvgIpc) is 2.98. The zero-order valence-electron chi connectivity index (χ0n) is 13.1. The summed E-state index contributed by atoms with van der Waals surface area (Å²) in [7, 11) is 0. The van der Waals surface area contributed by atoms with Crippen LogP contribution < -0.4 is 15.4 Å². The molecule has 0 aromatic heterocycles. The lowest BCUT2D eigenvalue weighted by atomic mass is 9.67. The largest absolute Gasteiger partial charge is 0.492 e. The molecule has 2 fully saturated rings. The van der Waals surface area contributed by atoms with E-state index in [1.54, 1.807) is 12.1 Å². The fourth-order valence-electron chi connectivity index (χ4n) is 3.73. The number of nitrogens with one attached hydrogen (secondary N) is 2. The summed E-state index contributed by atoms with van der Waals surface area (Å²) in [6.07, 6.45) is 4.49. The molecule has 0 spiro atoms. The number of benzene rings is 1. The molecule has 0 unspecified atom stereocenters. The van der Waals surface area contributed by atoms with Gasteiger partial charge >= 0.3 is 0 Å². The van der Waals surface area contributed by atoms with Crippen LogP contribution in [-0.2, 0) is 4.79 Å². The van der Waals surface area contributed by atoms with Gasteiger partial charge in [-0.05, 0) is 49.6 Å². The van der Waals surface area contributed by atoms with Gasteiger partial charge in [-0.1, -0.05) is 12.8 Å². The van der Waals surface area contributed by atoms with E-state index >= 15 is 0 Å². The van der Waals surface area contributed by atoms with E-state index < -0.39 is 0 Å². The van der Waals surface area contributed by atoms with Crippen molar-refractivity contribution in [1.82, 2.24) is 10.6 Å². The third-order valence-corrected chi connectivity index (χ3v) is 4.96. The molecule has 2 aliphatic rings. The minimum atomic E-state index is -0.281. The molecular formula is C17H24ClFN2O2. The van der Waals surface area contributed by atoms with E-state index in [9.17, 15) is 9.18 Å². The summed E-state index contributed by atoms with van der Waals surface area (Å²) in [5.74, 6) is 0.966. The number of carbonyl (C=O) groups excluding carboxylic acids is 1. The van der Waals surface area contributed by atoms with Crippen LogP contribution in [0, 0.1) is 17.2 Å². The molecule has 2 atom stereocenters. The van der Waals surface area contributed by atoms with Gasteiger partial charge in [0.2, 0.25) is 5.91 Å². The Hall–Kier alpha value is -1.33. The number of hydrogen-bond donors (Lipinski definition) is 2. The molecule has 1 amide bonds. The number of amides is 1. The fraction of sp³-hybridized carbons (Fsp3) is 0.588. The second kappa shape index (κ2) is 7.97. The normalized spacial score (nSPS) is 26.0. The predicted octanol–water partition coefficient (Wildman–Crippen LogP) is 2.52. The van der Waals surface area contributed by atoms with Crippen molar-refractivity contribution in [2.24, 2.45) is 11.3 Å². The van der Waals surface area contributed by atoms with E-state index in [4.69, 9.17) is 4.74 Å². The summed E-state index contributed by atoms with van der Waals surface area (Å²) in [6.45, 7) is 2.62. The van der Waals surface area contributed by atoms with Gasteiger partial charge in [-0.25, -0.2) is 4.39 Å². The van der Waals surface area contributed by atoms with Gasteiger partial charge in [-0.15, -0.1) is 12.4 Å². The van der Waals surface area contributed by atoms with Gasteiger partial charge in [-0.3, -0.25) is 4.79 Å². The zero-order valence-corrected chi connectivity index (χ0v) is 14.0. The van der Waals surface area contributed by atoms with Crippen LogP contribution in [-0.4, -0.2) is 32.1 Å². The highest BCUT2D eigenvalue weighted by molar-refractivity contribution is 5.85. The minimum Gasteiger partial charge on any atom is -0.492 e. The van der Waals surface area contributed by atoms with Crippen molar-refractivity contribution in [3.8, 4) is 5.75 Å². The van der Waals surface area contributed by atoms with Gasteiger partial charge in [0.1, 0.15) is 18.2 Å². The first-order chi connectivity index (χ1) is 10.7. The Labute approximate surface area is 142 Å². The van der Waals surface area contributed by atoms with Crippen molar-refractivity contribution in [1.29, 1.82) is 0 Å². The molecular weight excluding hydrogens is 319 g/mol. The number of fused-ring (bicyclic) bond motifs is 1. The van der Waals surface area contributed by atoms with E-state index in [1.165, 1.54) is 18.6 Å². The van der Waals surface area contributed by atoms with Crippen LogP contribution >= 0.6 is 12.4 Å². The molecule has 1 aromatic carbocycles. The maximum absolute atomic E-state index is 12.8. The third kappa shape index (κ3) is 3.96. The minimum absolute atomic E-state index is 0. The first-order valence-corrected chi connectivity index (χ1v) is 8.08. The van der Waals surface area contributed by atoms with Crippen LogP contribution in [0.5, 0.6) is 5.75 Å². The lowest BCUT2D eigenvalue weighted by molar-refractivity contribution is -0.134. The van der Waals surface area contributed by atoms with Crippen molar-refractivity contribution < 1.29 is 13.9 Å². The first kappa shape index (κ1) is 18.0. The van der Waals surface area contributed by atoms with Gasteiger partial charge < -0.3 is 15.4 Å². The standard InChI is InChI=1S/C17H23FN2O2.ClH/c18-14-4-6-15(7-5-14)22-10-9-20-16(21)17-8-2-1-3-13(17)11-19-12-17;/h4-7,13,19H,1-3,8-12H2,(H,20,21);1H/t13-,17+;/m0./s1. The maximum Gasteiger partial charge on any atom is 0.227 e. The highest BCUT2D eigenvalue weighted by atomic mass is 35.5. The lowest BCUT2D eigenvalue weighted by Crippen LogP contribution is -2.48. The molecule has 1 saturated heterocycles. The van der Waals surface area contributed by atoms with Gasteiger partial charge in [-0.2, -0.15) is 0 Å². The monoisotopic (exact) mass is 342 g/mol. The van der Waals surface area contributed by atoms with Gasteiger partial charge in [0.25, 0.3) is 0 Å². The second-order valence-corrected chi connectivity index (χ2v) is 6.29. The van der Waals surface area contributed by atoms with Crippen molar-refractivity contribution in [2.45, 2.75) is 25.7 Å². The van der Waals surface area contributed by atoms with Crippen molar-refractivity contribution in [2.75, 3.05) is 26.2 Å². The Morgan fingerprint density at radius 1 is 1.35 bits per heavy atom. The fourth-order valence-corrected chi connectivity index (χ4v) is 3.73. The van der Waals surface area contributed by atoms with Crippen LogP contribution in [0.2, 0.25) is 0 Å². The number of carbonyl (C=O) groups is 1. The van der Waals surface area contributed by atoms with E-state index in [1.807, 2.05) is 0 Å². The van der Waals surface area contributed by atoms with Crippen LogP contribution in [0.4, 0.5) is 4.39 Å². The van der Waals surface area contributed by atoms with Gasteiger partial charge in [0, 0.05) is 6.54 Å². The highest BCUT2D eigenvalue weighted by Gasteiger charge is 2.49. The number of hydrogen-bond acceptors (Lipinski definition) is 3. The topological polar surface area (TPSA) is 50.4 Å². The Bertz CT molecular complexity index is 526. The lowest BCUT2D eigenvalue weighted by Gasteiger charge is -2.37. The Morgan fingerprint density at radius 3 is 2.91 bits per heavy atom. The molecule has 3 rings (SSSR count).